The normalized spacial score (nSPS) is 15.3. The maximum Gasteiger partial charge on any atom is 0.404 e. The Labute approximate surface area is 118 Å². The number of primary amides is 1. The van der Waals surface area contributed by atoms with Crippen LogP contribution in [0.25, 0.3) is 0 Å². The van der Waals surface area contributed by atoms with E-state index < -0.39 is 18.3 Å². The molecule has 1 aromatic carbocycles. The Morgan fingerprint density at radius 1 is 1.40 bits per heavy atom. The molecule has 0 heterocycles. The van der Waals surface area contributed by atoms with Crippen molar-refractivity contribution in [1.29, 1.82) is 0 Å². The highest BCUT2D eigenvalue weighted by Gasteiger charge is 2.23. The number of carbonyl (C=O) groups is 1. The Morgan fingerprint density at radius 2 is 2.05 bits per heavy atom. The predicted molar refractivity (Wildman–Crippen MR) is 75.2 cm³/mol. The van der Waals surface area contributed by atoms with Crippen LogP contribution in [-0.4, -0.2) is 47.7 Å². The van der Waals surface area contributed by atoms with Gasteiger partial charge in [-0.2, -0.15) is 0 Å². The highest BCUT2D eigenvalue weighted by molar-refractivity contribution is 5.64. The number of hydrogen-bond acceptors (Lipinski definition) is 5. The van der Waals surface area contributed by atoms with Crippen LogP contribution in [0.5, 0.6) is 0 Å². The fourth-order valence-corrected chi connectivity index (χ4v) is 1.77. The molecule has 0 aliphatic heterocycles. The number of aliphatic hydroxyl groups excluding tert-OH is 2. The highest BCUT2D eigenvalue weighted by Crippen LogP contribution is 2.10. The van der Waals surface area contributed by atoms with Crippen molar-refractivity contribution < 1.29 is 19.7 Å². The molecule has 6 nitrogen and oxygen atoms in total. The molecule has 1 rings (SSSR count). The molecule has 0 aromatic heterocycles. The molecule has 0 saturated heterocycles. The van der Waals surface area contributed by atoms with Gasteiger partial charge in [0.2, 0.25) is 0 Å². The summed E-state index contributed by atoms with van der Waals surface area (Å²) in [6.45, 7) is 1.95. The summed E-state index contributed by atoms with van der Waals surface area (Å²) in [6.07, 6.45) is -2.18. The lowest BCUT2D eigenvalue weighted by molar-refractivity contribution is 0.00563. The fraction of sp³-hybridized carbons (Fsp3) is 0.500. The van der Waals surface area contributed by atoms with Gasteiger partial charge in [-0.05, 0) is 12.5 Å². The summed E-state index contributed by atoms with van der Waals surface area (Å²) in [4.78, 5) is 10.9. The molecule has 1 aromatic rings. The lowest BCUT2D eigenvalue weighted by Gasteiger charge is -2.24. The molecule has 0 radical (unpaired) electrons. The van der Waals surface area contributed by atoms with Gasteiger partial charge in [-0.1, -0.05) is 30.3 Å². The molecule has 0 bridgehead atoms. The second-order valence-electron chi connectivity index (χ2n) is 4.72. The van der Waals surface area contributed by atoms with E-state index in [4.69, 9.17) is 15.6 Å². The molecule has 2 unspecified atom stereocenters. The van der Waals surface area contributed by atoms with Crippen molar-refractivity contribution in [2.24, 2.45) is 5.73 Å². The largest absolute Gasteiger partial charge is 0.443 e. The van der Waals surface area contributed by atoms with Gasteiger partial charge in [-0.15, -0.1) is 0 Å². The van der Waals surface area contributed by atoms with Crippen LogP contribution in [0.4, 0.5) is 4.79 Å². The van der Waals surface area contributed by atoms with E-state index in [1.807, 2.05) is 30.3 Å². The van der Waals surface area contributed by atoms with E-state index in [0.717, 1.165) is 5.56 Å². The van der Waals surface area contributed by atoms with Crippen LogP contribution in [0.3, 0.4) is 0 Å². The number of nitrogens with one attached hydrogen (secondary N) is 1. The Kier molecular flexibility index (Phi) is 7.00. The Balaban J connectivity index is 2.61. The molecular weight excluding hydrogens is 260 g/mol. The van der Waals surface area contributed by atoms with Gasteiger partial charge in [0.05, 0.1) is 6.61 Å². The van der Waals surface area contributed by atoms with Crippen molar-refractivity contribution in [3.8, 4) is 0 Å². The van der Waals surface area contributed by atoms with Gasteiger partial charge < -0.3 is 26.0 Å². The van der Waals surface area contributed by atoms with E-state index in [1.165, 1.54) is 0 Å². The zero-order valence-corrected chi connectivity index (χ0v) is 11.5. The lowest BCUT2D eigenvalue weighted by Crippen LogP contribution is -2.44. The van der Waals surface area contributed by atoms with E-state index in [0.29, 0.717) is 6.42 Å². The zero-order valence-electron chi connectivity index (χ0n) is 11.5. The third kappa shape index (κ3) is 6.01. The first-order chi connectivity index (χ1) is 9.52. The summed E-state index contributed by atoms with van der Waals surface area (Å²) in [5.41, 5.74) is 5.97. The second-order valence-corrected chi connectivity index (χ2v) is 4.72. The number of aliphatic hydroxyl groups is 2. The Bertz CT molecular complexity index is 399. The average Bonchev–Trinajstić information content (AvgIpc) is 2.44. The van der Waals surface area contributed by atoms with Gasteiger partial charge in [0, 0.05) is 19.0 Å². The second kappa shape index (κ2) is 8.52. The van der Waals surface area contributed by atoms with Crippen molar-refractivity contribution in [3.63, 3.8) is 0 Å². The van der Waals surface area contributed by atoms with Crippen molar-refractivity contribution in [3.05, 3.63) is 35.9 Å². The first-order valence-electron chi connectivity index (χ1n) is 6.55. The molecule has 3 atom stereocenters. The third-order valence-electron chi connectivity index (χ3n) is 2.93. The van der Waals surface area contributed by atoms with Gasteiger partial charge >= 0.3 is 6.09 Å². The molecule has 20 heavy (non-hydrogen) atoms. The van der Waals surface area contributed by atoms with Crippen LogP contribution >= 0.6 is 0 Å². The standard InChI is InChI=1S/C14H22N2O4/c1-10(9-17)16-8-12(18)13(20-14(15)19)7-11-5-3-2-4-6-11/h2-6,10,12-13,16-18H,7-9H2,1H3,(H2,15,19)/t10-,12?,13?/m1/s1. The maximum absolute atomic E-state index is 10.9. The Hall–Kier alpha value is -1.63. The summed E-state index contributed by atoms with van der Waals surface area (Å²) >= 11 is 0. The van der Waals surface area contributed by atoms with E-state index in [-0.39, 0.29) is 19.2 Å². The number of carbonyl (C=O) groups excluding carboxylic acids is 1. The van der Waals surface area contributed by atoms with E-state index in [2.05, 4.69) is 5.32 Å². The minimum Gasteiger partial charge on any atom is -0.443 e. The number of amides is 1. The van der Waals surface area contributed by atoms with Crippen LogP contribution in [-0.2, 0) is 11.2 Å². The summed E-state index contributed by atoms with van der Waals surface area (Å²) < 4.78 is 4.97. The number of ether oxygens (including phenoxy) is 1. The molecule has 1 amide bonds. The SMILES string of the molecule is C[C@H](CO)NCC(O)C(Cc1ccccc1)OC(N)=O. The van der Waals surface area contributed by atoms with Crippen molar-refractivity contribution in [2.45, 2.75) is 31.6 Å². The highest BCUT2D eigenvalue weighted by atomic mass is 16.6. The Morgan fingerprint density at radius 3 is 2.60 bits per heavy atom. The predicted octanol–water partition coefficient (Wildman–Crippen LogP) is 0.0243. The lowest BCUT2D eigenvalue weighted by atomic mass is 10.0. The van der Waals surface area contributed by atoms with Gasteiger partial charge in [0.25, 0.3) is 0 Å². The van der Waals surface area contributed by atoms with Crippen LogP contribution < -0.4 is 11.1 Å². The minimum atomic E-state index is -0.916. The fourth-order valence-electron chi connectivity index (χ4n) is 1.77. The van der Waals surface area contributed by atoms with Crippen LogP contribution in [0.2, 0.25) is 0 Å². The molecule has 0 aliphatic rings. The number of nitrogens with two attached hydrogens (primary N) is 1. The molecular formula is C14H22N2O4. The summed E-state index contributed by atoms with van der Waals surface area (Å²) in [6, 6.07) is 9.25. The molecule has 0 spiro atoms. The number of benzene rings is 1. The summed E-state index contributed by atoms with van der Waals surface area (Å²) in [7, 11) is 0. The van der Waals surface area contributed by atoms with Gasteiger partial charge in [0.1, 0.15) is 12.2 Å². The first kappa shape index (κ1) is 16.4. The summed E-state index contributed by atoms with van der Waals surface area (Å²) in [5.74, 6) is 0. The number of hydrogen-bond donors (Lipinski definition) is 4. The van der Waals surface area contributed by atoms with Gasteiger partial charge in [-0.25, -0.2) is 4.79 Å². The van der Waals surface area contributed by atoms with Crippen molar-refractivity contribution in [1.82, 2.24) is 5.32 Å². The van der Waals surface area contributed by atoms with Crippen LogP contribution in [0, 0.1) is 0 Å². The molecule has 5 N–H and O–H groups in total. The first-order valence-corrected chi connectivity index (χ1v) is 6.55. The minimum absolute atomic E-state index is 0.0350. The molecule has 112 valence electrons. The van der Waals surface area contributed by atoms with Gasteiger partial charge in [0.15, 0.2) is 0 Å². The molecule has 0 saturated carbocycles. The monoisotopic (exact) mass is 282 g/mol. The maximum atomic E-state index is 10.9. The van der Waals surface area contributed by atoms with Crippen LogP contribution in [0.1, 0.15) is 12.5 Å². The molecule has 0 fully saturated rings. The van der Waals surface area contributed by atoms with Gasteiger partial charge in [-0.3, -0.25) is 0 Å². The number of rotatable bonds is 8. The van der Waals surface area contributed by atoms with Crippen molar-refractivity contribution >= 4 is 6.09 Å². The topological polar surface area (TPSA) is 105 Å². The quantitative estimate of drug-likeness (QED) is 0.538. The zero-order chi connectivity index (χ0) is 15.0. The van der Waals surface area contributed by atoms with Crippen molar-refractivity contribution in [2.75, 3.05) is 13.2 Å². The molecule has 0 aliphatic carbocycles. The average molecular weight is 282 g/mol. The van der Waals surface area contributed by atoms with E-state index in [1.54, 1.807) is 6.92 Å². The third-order valence-corrected chi connectivity index (χ3v) is 2.93. The van der Waals surface area contributed by atoms with E-state index in [9.17, 15) is 9.90 Å². The summed E-state index contributed by atoms with van der Waals surface area (Å²) in [5, 5.41) is 21.9. The molecule has 6 heteroatoms. The van der Waals surface area contributed by atoms with Crippen LogP contribution in [0.15, 0.2) is 30.3 Å². The smallest absolute Gasteiger partial charge is 0.404 e. The van der Waals surface area contributed by atoms with E-state index >= 15 is 0 Å².